The highest BCUT2D eigenvalue weighted by molar-refractivity contribution is 14.0. The van der Waals surface area contributed by atoms with Crippen LogP contribution in [0.1, 0.15) is 42.9 Å². The Bertz CT molecular complexity index is 782. The van der Waals surface area contributed by atoms with E-state index in [-0.39, 0.29) is 24.0 Å². The van der Waals surface area contributed by atoms with Gasteiger partial charge in [-0.3, -0.25) is 9.89 Å². The van der Waals surface area contributed by atoms with Gasteiger partial charge < -0.3 is 15.2 Å². The number of fused-ring (bicyclic) bond motifs is 1. The summed E-state index contributed by atoms with van der Waals surface area (Å²) < 4.78 is 2.26. The fourth-order valence-electron chi connectivity index (χ4n) is 4.13. The van der Waals surface area contributed by atoms with E-state index >= 15 is 0 Å². The molecule has 0 saturated carbocycles. The number of piperidine rings is 1. The number of hydrogen-bond acceptors (Lipinski definition) is 4. The maximum atomic E-state index is 4.40. The van der Waals surface area contributed by atoms with Crippen molar-refractivity contribution < 1.29 is 0 Å². The molecule has 2 N–H and O–H groups in total. The fourth-order valence-corrected chi connectivity index (χ4v) is 4.13. The Morgan fingerprint density at radius 3 is 2.66 bits per heavy atom. The number of rotatable bonds is 5. The van der Waals surface area contributed by atoms with Gasteiger partial charge in [0.25, 0.3) is 0 Å². The van der Waals surface area contributed by atoms with E-state index in [4.69, 9.17) is 0 Å². The topological polar surface area (TPSA) is 70.4 Å². The number of guanidine groups is 1. The quantitative estimate of drug-likeness (QED) is 0.369. The van der Waals surface area contributed by atoms with Crippen LogP contribution in [0.3, 0.4) is 0 Å². The first-order valence-electron chi connectivity index (χ1n) is 10.5. The summed E-state index contributed by atoms with van der Waals surface area (Å²) >= 11 is 0. The van der Waals surface area contributed by atoms with Crippen molar-refractivity contribution in [1.82, 2.24) is 30.3 Å². The van der Waals surface area contributed by atoms with Gasteiger partial charge in [-0.25, -0.2) is 0 Å². The lowest BCUT2D eigenvalue weighted by molar-refractivity contribution is 0.198. The Balaban J connectivity index is 0.00000240. The van der Waals surface area contributed by atoms with E-state index < -0.39 is 0 Å². The highest BCUT2D eigenvalue weighted by Gasteiger charge is 2.21. The summed E-state index contributed by atoms with van der Waals surface area (Å²) in [5.74, 6) is 2.99. The molecule has 1 aromatic carbocycles. The molecule has 1 fully saturated rings. The highest BCUT2D eigenvalue weighted by atomic mass is 127. The van der Waals surface area contributed by atoms with Gasteiger partial charge in [-0.05, 0) is 31.2 Å². The molecule has 29 heavy (non-hydrogen) atoms. The molecular weight excluding hydrogens is 477 g/mol. The second-order valence-corrected chi connectivity index (χ2v) is 7.75. The standard InChI is InChI=1S/C21H31N7.HI/c1-22-21(23-15-20-26-25-19-9-5-6-12-28(19)20)24-18-10-13-27(14-11-18)16-17-7-3-2-4-8-17;/h2-4,7-8,18H,5-6,9-16H2,1H3,(H2,22,23,24);1H. The predicted octanol–water partition coefficient (Wildman–Crippen LogP) is 2.56. The van der Waals surface area contributed by atoms with E-state index in [0.717, 1.165) is 63.0 Å². The van der Waals surface area contributed by atoms with Gasteiger partial charge in [0.2, 0.25) is 0 Å². The zero-order chi connectivity index (χ0) is 19.2. The Labute approximate surface area is 190 Å². The molecule has 0 spiro atoms. The van der Waals surface area contributed by atoms with Crippen LogP contribution in [0.4, 0.5) is 0 Å². The molecule has 3 heterocycles. The average molecular weight is 509 g/mol. The SMILES string of the molecule is CN=C(NCc1nnc2n1CCCC2)NC1CCN(Cc2ccccc2)CC1.I. The molecule has 2 aliphatic rings. The van der Waals surface area contributed by atoms with Gasteiger partial charge in [0, 0.05) is 45.7 Å². The van der Waals surface area contributed by atoms with Gasteiger partial charge in [0.1, 0.15) is 5.82 Å². The lowest BCUT2D eigenvalue weighted by Crippen LogP contribution is -2.48. The number of likely N-dealkylation sites (tertiary alicyclic amines) is 1. The number of hydrogen-bond donors (Lipinski definition) is 2. The number of aryl methyl sites for hydroxylation is 1. The minimum Gasteiger partial charge on any atom is -0.354 e. The number of halogens is 1. The highest BCUT2D eigenvalue weighted by Crippen LogP contribution is 2.15. The minimum atomic E-state index is 0. The Morgan fingerprint density at radius 1 is 1.10 bits per heavy atom. The molecule has 2 aliphatic heterocycles. The van der Waals surface area contributed by atoms with Crippen LogP contribution in [-0.4, -0.2) is 51.8 Å². The Kier molecular flexibility index (Phi) is 8.29. The van der Waals surface area contributed by atoms with Gasteiger partial charge >= 0.3 is 0 Å². The third kappa shape index (κ3) is 5.91. The van der Waals surface area contributed by atoms with Gasteiger partial charge in [0.15, 0.2) is 11.8 Å². The molecule has 0 unspecified atom stereocenters. The molecule has 8 heteroatoms. The fraction of sp³-hybridized carbons (Fsp3) is 0.571. The Morgan fingerprint density at radius 2 is 1.90 bits per heavy atom. The molecule has 158 valence electrons. The van der Waals surface area contributed by atoms with Crippen LogP contribution in [0.5, 0.6) is 0 Å². The van der Waals surface area contributed by atoms with Crippen LogP contribution in [-0.2, 0) is 26.1 Å². The van der Waals surface area contributed by atoms with E-state index in [1.54, 1.807) is 0 Å². The van der Waals surface area contributed by atoms with E-state index in [0.29, 0.717) is 12.6 Å². The summed E-state index contributed by atoms with van der Waals surface area (Å²) in [6, 6.07) is 11.2. The van der Waals surface area contributed by atoms with Gasteiger partial charge in [-0.1, -0.05) is 30.3 Å². The molecule has 0 aliphatic carbocycles. The van der Waals surface area contributed by atoms with Gasteiger partial charge in [-0.15, -0.1) is 34.2 Å². The monoisotopic (exact) mass is 509 g/mol. The molecule has 1 saturated heterocycles. The maximum Gasteiger partial charge on any atom is 0.191 e. The first kappa shape index (κ1) is 22.0. The number of benzene rings is 1. The van der Waals surface area contributed by atoms with Gasteiger partial charge in [0.05, 0.1) is 6.54 Å². The number of aromatic nitrogens is 3. The number of nitrogens with zero attached hydrogens (tertiary/aromatic N) is 5. The number of aliphatic imine (C=N–C) groups is 1. The van der Waals surface area contributed by atoms with Crippen LogP contribution in [0.25, 0.3) is 0 Å². The third-order valence-corrected chi connectivity index (χ3v) is 5.75. The van der Waals surface area contributed by atoms with Crippen molar-refractivity contribution in [3.8, 4) is 0 Å². The van der Waals surface area contributed by atoms with Crippen molar-refractivity contribution >= 4 is 29.9 Å². The second kappa shape index (κ2) is 10.9. The summed E-state index contributed by atoms with van der Waals surface area (Å²) in [6.45, 7) is 4.96. The van der Waals surface area contributed by atoms with E-state index in [9.17, 15) is 0 Å². The first-order chi connectivity index (χ1) is 13.8. The predicted molar refractivity (Wildman–Crippen MR) is 126 cm³/mol. The van der Waals surface area contributed by atoms with Crippen molar-refractivity contribution in [2.24, 2.45) is 4.99 Å². The third-order valence-electron chi connectivity index (χ3n) is 5.75. The van der Waals surface area contributed by atoms with Crippen molar-refractivity contribution in [1.29, 1.82) is 0 Å². The van der Waals surface area contributed by atoms with Crippen LogP contribution in [0.2, 0.25) is 0 Å². The molecule has 7 nitrogen and oxygen atoms in total. The first-order valence-corrected chi connectivity index (χ1v) is 10.5. The van der Waals surface area contributed by atoms with Crippen LogP contribution in [0.15, 0.2) is 35.3 Å². The van der Waals surface area contributed by atoms with Crippen molar-refractivity contribution in [3.05, 3.63) is 47.5 Å². The lowest BCUT2D eigenvalue weighted by Gasteiger charge is -2.33. The molecular formula is C21H32IN7. The normalized spacial score (nSPS) is 18.0. The second-order valence-electron chi connectivity index (χ2n) is 7.75. The minimum absolute atomic E-state index is 0. The lowest BCUT2D eigenvalue weighted by atomic mass is 10.0. The molecule has 0 atom stereocenters. The van der Waals surface area contributed by atoms with E-state index in [1.165, 1.54) is 18.4 Å². The summed E-state index contributed by atoms with van der Waals surface area (Å²) in [6.07, 6.45) is 5.74. The molecule has 1 aromatic heterocycles. The maximum absolute atomic E-state index is 4.40. The van der Waals surface area contributed by atoms with Crippen molar-refractivity contribution in [2.45, 2.75) is 57.8 Å². The van der Waals surface area contributed by atoms with Crippen LogP contribution < -0.4 is 10.6 Å². The van der Waals surface area contributed by atoms with E-state index in [2.05, 4.69) is 65.6 Å². The molecule has 4 rings (SSSR count). The average Bonchev–Trinajstić information content (AvgIpc) is 3.16. The zero-order valence-corrected chi connectivity index (χ0v) is 19.5. The largest absolute Gasteiger partial charge is 0.354 e. The molecule has 0 bridgehead atoms. The van der Waals surface area contributed by atoms with Crippen molar-refractivity contribution in [2.75, 3.05) is 20.1 Å². The zero-order valence-electron chi connectivity index (χ0n) is 17.2. The summed E-state index contributed by atoms with van der Waals surface area (Å²) in [4.78, 5) is 6.94. The Hall–Kier alpha value is -1.68. The molecule has 0 radical (unpaired) electrons. The van der Waals surface area contributed by atoms with Crippen LogP contribution in [0, 0.1) is 0 Å². The smallest absolute Gasteiger partial charge is 0.191 e. The van der Waals surface area contributed by atoms with Crippen LogP contribution >= 0.6 is 24.0 Å². The molecule has 0 amide bonds. The van der Waals surface area contributed by atoms with E-state index in [1.807, 2.05) is 7.05 Å². The number of nitrogens with one attached hydrogen (secondary N) is 2. The van der Waals surface area contributed by atoms with Gasteiger partial charge in [-0.2, -0.15) is 0 Å². The van der Waals surface area contributed by atoms with Crippen molar-refractivity contribution in [3.63, 3.8) is 0 Å². The summed E-state index contributed by atoms with van der Waals surface area (Å²) in [5, 5.41) is 15.7. The molecule has 2 aromatic rings. The summed E-state index contributed by atoms with van der Waals surface area (Å²) in [5.41, 5.74) is 1.39. The summed E-state index contributed by atoms with van der Waals surface area (Å²) in [7, 11) is 1.83.